The van der Waals surface area contributed by atoms with E-state index in [1.165, 1.54) is 7.11 Å². The number of carbonyl (C=O) groups is 1. The smallest absolute Gasteiger partial charge is 0.338 e. The first-order chi connectivity index (χ1) is 20.6. The van der Waals surface area contributed by atoms with Crippen LogP contribution in [0.3, 0.4) is 0 Å². The summed E-state index contributed by atoms with van der Waals surface area (Å²) in [6, 6.07) is 8.25. The maximum absolute atomic E-state index is 13.6. The molecule has 1 aliphatic heterocycles. The zero-order valence-corrected chi connectivity index (χ0v) is 25.5. The third kappa shape index (κ3) is 3.28. The lowest BCUT2D eigenvalue weighted by Crippen LogP contribution is -2.81. The Balaban J connectivity index is 1.48. The molecule has 1 heterocycles. The second-order valence-electron chi connectivity index (χ2n) is 13.9. The largest absolute Gasteiger partial charge is 0.455 e. The Kier molecular flexibility index (Phi) is 6.92. The van der Waals surface area contributed by atoms with Gasteiger partial charge in [0, 0.05) is 76.0 Å². The van der Waals surface area contributed by atoms with Crippen LogP contribution < -0.4 is 0 Å². The molecule has 7 bridgehead atoms. The van der Waals surface area contributed by atoms with E-state index in [4.69, 9.17) is 23.7 Å². The number of piperidine rings is 1. The van der Waals surface area contributed by atoms with E-state index in [1.54, 1.807) is 51.7 Å². The van der Waals surface area contributed by atoms with Crippen LogP contribution in [-0.2, 0) is 23.7 Å². The predicted octanol–water partition coefficient (Wildman–Crippen LogP) is 0.0773. The van der Waals surface area contributed by atoms with Crippen LogP contribution in [-0.4, -0.2) is 133 Å². The number of ether oxygens (including phenoxy) is 5. The molecule has 0 aromatic heterocycles. The van der Waals surface area contributed by atoms with Gasteiger partial charge in [-0.3, -0.25) is 4.90 Å². The lowest BCUT2D eigenvalue weighted by Gasteiger charge is -2.70. The first kappa shape index (κ1) is 30.0. The summed E-state index contributed by atoms with van der Waals surface area (Å²) >= 11 is 0. The third-order valence-corrected chi connectivity index (χ3v) is 12.9. The van der Waals surface area contributed by atoms with Crippen molar-refractivity contribution in [2.45, 2.75) is 73.6 Å². The molecule has 0 unspecified atom stereocenters. The Morgan fingerprint density at radius 2 is 1.72 bits per heavy atom. The lowest BCUT2D eigenvalue weighted by atomic mass is 9.42. The molecule has 43 heavy (non-hydrogen) atoms. The molecule has 11 nitrogen and oxygen atoms in total. The average molecular weight is 604 g/mol. The molecule has 6 fully saturated rings. The molecule has 0 amide bonds. The number of fused-ring (bicyclic) bond motifs is 2. The van der Waals surface area contributed by atoms with Crippen LogP contribution in [0.1, 0.15) is 30.1 Å². The molecule has 6 aliphatic rings. The summed E-state index contributed by atoms with van der Waals surface area (Å²) in [4.78, 5) is 15.8. The normalized spacial score (nSPS) is 52.7. The minimum absolute atomic E-state index is 0.106. The van der Waals surface area contributed by atoms with Crippen LogP contribution >= 0.6 is 0 Å². The van der Waals surface area contributed by atoms with Crippen molar-refractivity contribution in [3.8, 4) is 0 Å². The number of likely N-dealkylation sites (tertiary alicyclic amines) is 1. The summed E-state index contributed by atoms with van der Waals surface area (Å²) in [6.45, 7) is 3.46. The van der Waals surface area contributed by atoms with E-state index in [9.17, 15) is 25.2 Å². The van der Waals surface area contributed by atoms with Gasteiger partial charge in [0.25, 0.3) is 0 Å². The fourth-order valence-corrected chi connectivity index (χ4v) is 11.9. The van der Waals surface area contributed by atoms with Crippen LogP contribution in [0.2, 0.25) is 0 Å². The Bertz CT molecular complexity index is 1250. The number of aliphatic hydroxyl groups is 4. The van der Waals surface area contributed by atoms with Gasteiger partial charge in [0.05, 0.1) is 30.5 Å². The molecule has 5 aliphatic carbocycles. The van der Waals surface area contributed by atoms with Crippen molar-refractivity contribution in [2.24, 2.45) is 34.5 Å². The average Bonchev–Trinajstić information content (AvgIpc) is 3.39. The number of aliphatic hydroxyl groups excluding tert-OH is 2. The van der Waals surface area contributed by atoms with Crippen LogP contribution in [0.5, 0.6) is 0 Å². The summed E-state index contributed by atoms with van der Waals surface area (Å²) in [6.07, 6.45) is -5.27. The van der Waals surface area contributed by atoms with Crippen molar-refractivity contribution in [3.63, 3.8) is 0 Å². The first-order valence-corrected chi connectivity index (χ1v) is 15.5. The van der Waals surface area contributed by atoms with Crippen LogP contribution in [0.4, 0.5) is 0 Å². The van der Waals surface area contributed by atoms with Gasteiger partial charge in [-0.05, 0) is 31.0 Å². The van der Waals surface area contributed by atoms with Crippen molar-refractivity contribution >= 4 is 5.97 Å². The van der Waals surface area contributed by atoms with Crippen molar-refractivity contribution in [3.05, 3.63) is 35.9 Å². The summed E-state index contributed by atoms with van der Waals surface area (Å²) in [7, 11) is 6.29. The highest BCUT2D eigenvalue weighted by Crippen LogP contribution is 2.80. The molecule has 0 radical (unpaired) electrons. The highest BCUT2D eigenvalue weighted by atomic mass is 16.6. The van der Waals surface area contributed by atoms with E-state index >= 15 is 0 Å². The summed E-state index contributed by atoms with van der Waals surface area (Å²) in [5.41, 5.74) is -4.81. The molecule has 238 valence electrons. The molecule has 11 heteroatoms. The topological polar surface area (TPSA) is 147 Å². The van der Waals surface area contributed by atoms with E-state index in [2.05, 4.69) is 11.8 Å². The highest BCUT2D eigenvalue weighted by Gasteiger charge is 2.91. The quantitative estimate of drug-likeness (QED) is 0.300. The maximum atomic E-state index is 13.6. The number of carbonyl (C=O) groups excluding carboxylic acids is 1. The van der Waals surface area contributed by atoms with Gasteiger partial charge >= 0.3 is 5.97 Å². The second kappa shape index (κ2) is 9.91. The maximum Gasteiger partial charge on any atom is 0.338 e. The molecule has 1 spiro atoms. The number of nitrogens with zero attached hydrogens (tertiary/aromatic N) is 1. The highest BCUT2D eigenvalue weighted by molar-refractivity contribution is 5.89. The van der Waals surface area contributed by atoms with Crippen molar-refractivity contribution in [1.29, 1.82) is 0 Å². The third-order valence-electron chi connectivity index (χ3n) is 12.9. The number of hydrogen-bond donors (Lipinski definition) is 4. The predicted molar refractivity (Wildman–Crippen MR) is 151 cm³/mol. The van der Waals surface area contributed by atoms with E-state index in [0.29, 0.717) is 25.1 Å². The SMILES string of the molecule is CCN1C[C@]2(COC)[C@H](O)C[C@H](OC)[C@]34[C@@H]5C[C@]6(O)[C@H](OC(=O)c7ccccc7)[C@@H]5[C@@](O)([C@H]([C@H](OC)[C@H]23)[C@@H]14)[C@@H](O)[C@@H]6OC. The summed E-state index contributed by atoms with van der Waals surface area (Å²) < 4.78 is 30.5. The van der Waals surface area contributed by atoms with E-state index in [-0.39, 0.29) is 25.0 Å². The minimum atomic E-state index is -1.86. The minimum Gasteiger partial charge on any atom is -0.455 e. The number of hydrogen-bond acceptors (Lipinski definition) is 11. The summed E-state index contributed by atoms with van der Waals surface area (Å²) in [5.74, 6) is -2.94. The first-order valence-electron chi connectivity index (χ1n) is 15.5. The molecular weight excluding hydrogens is 558 g/mol. The van der Waals surface area contributed by atoms with Crippen LogP contribution in [0.15, 0.2) is 30.3 Å². The Hall–Kier alpha value is -1.67. The number of benzene rings is 1. The standard InChI is InChI=1S/C32H45NO10/c1-6-33-14-29(15-39-2)18(34)12-19(40-3)31-17-13-30(37)26(43-28(36)16-10-8-7-9-11-16)20(17)32(38,25(35)27(30)42-5)21(24(31)33)22(41-4)23(29)31/h7-11,17-27,34-35,37-38H,6,12-15H2,1-5H3/t17-,18-,19+,20-,21-,22+,23-,24-,25+,26-,27+,29+,30+,31-,32-/m1/s1. The van der Waals surface area contributed by atoms with E-state index in [0.717, 1.165) is 0 Å². The fraction of sp³-hybridized carbons (Fsp3) is 0.781. The van der Waals surface area contributed by atoms with Gasteiger partial charge in [-0.1, -0.05) is 25.1 Å². The van der Waals surface area contributed by atoms with Crippen LogP contribution in [0, 0.1) is 34.5 Å². The van der Waals surface area contributed by atoms with Gasteiger partial charge < -0.3 is 44.1 Å². The zero-order chi connectivity index (χ0) is 30.7. The Morgan fingerprint density at radius 1 is 1.00 bits per heavy atom. The Morgan fingerprint density at radius 3 is 2.33 bits per heavy atom. The fourth-order valence-electron chi connectivity index (χ4n) is 11.9. The van der Waals surface area contributed by atoms with Crippen LogP contribution in [0.25, 0.3) is 0 Å². The molecule has 7 rings (SSSR count). The molecule has 1 aromatic carbocycles. The zero-order valence-electron chi connectivity index (χ0n) is 25.5. The van der Waals surface area contributed by atoms with Gasteiger partial charge in [0.1, 0.15) is 29.5 Å². The molecule has 1 saturated heterocycles. The molecule has 4 N–H and O–H groups in total. The lowest BCUT2D eigenvalue weighted by molar-refractivity contribution is -0.320. The molecular formula is C32H45NO10. The van der Waals surface area contributed by atoms with Crippen molar-refractivity contribution in [1.82, 2.24) is 4.90 Å². The molecule has 15 atom stereocenters. The second-order valence-corrected chi connectivity index (χ2v) is 13.9. The van der Waals surface area contributed by atoms with Gasteiger partial charge in [-0.2, -0.15) is 0 Å². The number of methoxy groups -OCH3 is 4. The van der Waals surface area contributed by atoms with Crippen molar-refractivity contribution < 1.29 is 48.9 Å². The van der Waals surface area contributed by atoms with Crippen molar-refractivity contribution in [2.75, 3.05) is 48.1 Å². The monoisotopic (exact) mass is 603 g/mol. The number of esters is 1. The summed E-state index contributed by atoms with van der Waals surface area (Å²) in [5, 5.41) is 49.7. The van der Waals surface area contributed by atoms with Gasteiger partial charge in [-0.25, -0.2) is 4.79 Å². The van der Waals surface area contributed by atoms with E-state index in [1.807, 2.05) is 0 Å². The number of rotatable bonds is 8. The Labute approximate surface area is 252 Å². The van der Waals surface area contributed by atoms with E-state index < -0.39 is 82.4 Å². The van der Waals surface area contributed by atoms with Gasteiger partial charge in [0.15, 0.2) is 0 Å². The van der Waals surface area contributed by atoms with Gasteiger partial charge in [-0.15, -0.1) is 0 Å². The van der Waals surface area contributed by atoms with Gasteiger partial charge in [0.2, 0.25) is 0 Å². The molecule has 5 saturated carbocycles. The molecule has 1 aromatic rings.